The van der Waals surface area contributed by atoms with Crippen LogP contribution in [0.15, 0.2) is 24.3 Å². The van der Waals surface area contributed by atoms with Crippen LogP contribution in [0.1, 0.15) is 47.2 Å². The molecule has 21 heavy (non-hydrogen) atoms. The zero-order chi connectivity index (χ0) is 15.9. The molecule has 0 radical (unpaired) electrons. The molecule has 2 nitrogen and oxygen atoms in total. The molecule has 2 aromatic carbocycles. The van der Waals surface area contributed by atoms with Crippen molar-refractivity contribution in [2.24, 2.45) is 0 Å². The second kappa shape index (κ2) is 5.10. The van der Waals surface area contributed by atoms with Crippen LogP contribution < -0.4 is 11.5 Å². The summed E-state index contributed by atoms with van der Waals surface area (Å²) in [5.41, 5.74) is 21.2. The van der Waals surface area contributed by atoms with E-state index in [2.05, 4.69) is 65.8 Å². The Morgan fingerprint density at radius 1 is 0.667 bits per heavy atom. The van der Waals surface area contributed by atoms with E-state index in [1.165, 1.54) is 11.1 Å². The lowest BCUT2D eigenvalue weighted by atomic mass is 9.74. The summed E-state index contributed by atoms with van der Waals surface area (Å²) in [7, 11) is 0. The summed E-state index contributed by atoms with van der Waals surface area (Å²) in [4.78, 5) is 0. The molecule has 4 N–H and O–H groups in total. The number of nitrogens with two attached hydrogens (primary N) is 2. The molecule has 0 unspecified atom stereocenters. The van der Waals surface area contributed by atoms with Crippen molar-refractivity contribution in [1.29, 1.82) is 0 Å². The van der Waals surface area contributed by atoms with Gasteiger partial charge in [-0.05, 0) is 49.9 Å². The molecule has 0 spiro atoms. The fourth-order valence-corrected chi connectivity index (χ4v) is 3.14. The van der Waals surface area contributed by atoms with Crippen LogP contribution in [0.4, 0.5) is 11.4 Å². The molecule has 2 heteroatoms. The highest BCUT2D eigenvalue weighted by molar-refractivity contribution is 5.66. The quantitative estimate of drug-likeness (QED) is 0.802. The maximum Gasteiger partial charge on any atom is 0.0385 e. The SMILES string of the molecule is Cc1cc(C)c(N)c(C(C)(C)c2cc(C)cc(C)c2N)c1. The first kappa shape index (κ1) is 15.4. The molecular formula is C19H26N2. The summed E-state index contributed by atoms with van der Waals surface area (Å²) < 4.78 is 0. The summed E-state index contributed by atoms with van der Waals surface area (Å²) in [5, 5.41) is 0. The van der Waals surface area contributed by atoms with Crippen molar-refractivity contribution >= 4 is 11.4 Å². The van der Waals surface area contributed by atoms with Crippen LogP contribution in [0.25, 0.3) is 0 Å². The topological polar surface area (TPSA) is 52.0 Å². The van der Waals surface area contributed by atoms with E-state index in [0.717, 1.165) is 33.6 Å². The van der Waals surface area contributed by atoms with Crippen molar-refractivity contribution in [3.05, 3.63) is 57.6 Å². The third-order valence-electron chi connectivity index (χ3n) is 4.41. The Labute approximate surface area is 128 Å². The van der Waals surface area contributed by atoms with E-state index in [4.69, 9.17) is 11.5 Å². The van der Waals surface area contributed by atoms with Crippen molar-refractivity contribution in [2.75, 3.05) is 11.5 Å². The van der Waals surface area contributed by atoms with Crippen LogP contribution in [0, 0.1) is 27.7 Å². The first-order chi connectivity index (χ1) is 9.64. The van der Waals surface area contributed by atoms with E-state index in [9.17, 15) is 0 Å². The molecule has 0 heterocycles. The van der Waals surface area contributed by atoms with Crippen molar-refractivity contribution in [3.63, 3.8) is 0 Å². The molecule has 0 fully saturated rings. The van der Waals surface area contributed by atoms with Gasteiger partial charge in [0.1, 0.15) is 0 Å². The molecular weight excluding hydrogens is 256 g/mol. The standard InChI is InChI=1S/C19H26N2/c1-11-7-13(3)17(20)15(9-11)19(5,6)16-10-12(2)8-14(4)18(16)21/h7-10H,20-21H2,1-6H3. The largest absolute Gasteiger partial charge is 0.398 e. The minimum Gasteiger partial charge on any atom is -0.398 e. The molecule has 2 rings (SSSR count). The number of hydrogen-bond acceptors (Lipinski definition) is 2. The maximum absolute atomic E-state index is 6.36. The number of rotatable bonds is 2. The summed E-state index contributed by atoms with van der Waals surface area (Å²) in [6.07, 6.45) is 0. The van der Waals surface area contributed by atoms with Crippen LogP contribution in [-0.4, -0.2) is 0 Å². The van der Waals surface area contributed by atoms with Crippen molar-refractivity contribution in [1.82, 2.24) is 0 Å². The third kappa shape index (κ3) is 2.63. The van der Waals surface area contributed by atoms with Gasteiger partial charge in [0.2, 0.25) is 0 Å². The van der Waals surface area contributed by atoms with Gasteiger partial charge in [-0.2, -0.15) is 0 Å². The van der Waals surface area contributed by atoms with Crippen molar-refractivity contribution < 1.29 is 0 Å². The van der Waals surface area contributed by atoms with E-state index < -0.39 is 0 Å². The van der Waals surface area contributed by atoms with Gasteiger partial charge in [0, 0.05) is 16.8 Å². The Morgan fingerprint density at radius 3 is 1.33 bits per heavy atom. The van der Waals surface area contributed by atoms with E-state index in [1.807, 2.05) is 0 Å². The van der Waals surface area contributed by atoms with E-state index in [1.54, 1.807) is 0 Å². The van der Waals surface area contributed by atoms with Crippen LogP contribution in [0.3, 0.4) is 0 Å². The Bertz CT molecular complexity index is 638. The van der Waals surface area contributed by atoms with Gasteiger partial charge >= 0.3 is 0 Å². The number of hydrogen-bond donors (Lipinski definition) is 2. The normalized spacial score (nSPS) is 11.7. The van der Waals surface area contributed by atoms with E-state index in [-0.39, 0.29) is 5.41 Å². The van der Waals surface area contributed by atoms with Crippen LogP contribution in [0.5, 0.6) is 0 Å². The predicted molar refractivity (Wildman–Crippen MR) is 92.8 cm³/mol. The second-order valence-electron chi connectivity index (χ2n) is 6.71. The minimum atomic E-state index is -0.221. The number of aryl methyl sites for hydroxylation is 4. The van der Waals surface area contributed by atoms with Crippen LogP contribution >= 0.6 is 0 Å². The first-order valence-corrected chi connectivity index (χ1v) is 7.39. The maximum atomic E-state index is 6.36. The smallest absolute Gasteiger partial charge is 0.0385 e. The van der Waals surface area contributed by atoms with Gasteiger partial charge in [-0.1, -0.05) is 49.2 Å². The molecule has 0 aliphatic heterocycles. The lowest BCUT2D eigenvalue weighted by Gasteiger charge is -2.31. The lowest BCUT2D eigenvalue weighted by molar-refractivity contribution is 0.643. The fraction of sp³-hybridized carbons (Fsp3) is 0.368. The summed E-state index contributed by atoms with van der Waals surface area (Å²) in [6, 6.07) is 8.61. The Morgan fingerprint density at radius 2 is 1.00 bits per heavy atom. The van der Waals surface area contributed by atoms with Gasteiger partial charge in [0.15, 0.2) is 0 Å². The van der Waals surface area contributed by atoms with E-state index in [0.29, 0.717) is 0 Å². The molecule has 0 saturated heterocycles. The second-order valence-corrected chi connectivity index (χ2v) is 6.71. The highest BCUT2D eigenvalue weighted by Crippen LogP contribution is 2.40. The molecule has 0 aliphatic carbocycles. The molecule has 0 amide bonds. The average Bonchev–Trinajstić information content (AvgIpc) is 2.37. The van der Waals surface area contributed by atoms with Gasteiger partial charge in [0.05, 0.1) is 0 Å². The molecule has 0 aliphatic rings. The Kier molecular flexibility index (Phi) is 3.75. The molecule has 0 atom stereocenters. The molecule has 0 aromatic heterocycles. The Balaban J connectivity index is 2.73. The zero-order valence-electron chi connectivity index (χ0n) is 14.0. The predicted octanol–water partition coefficient (Wildman–Crippen LogP) is 4.41. The van der Waals surface area contributed by atoms with Gasteiger partial charge < -0.3 is 11.5 Å². The zero-order valence-corrected chi connectivity index (χ0v) is 14.0. The first-order valence-electron chi connectivity index (χ1n) is 7.39. The third-order valence-corrected chi connectivity index (χ3v) is 4.41. The highest BCUT2D eigenvalue weighted by Gasteiger charge is 2.29. The minimum absolute atomic E-state index is 0.221. The summed E-state index contributed by atoms with van der Waals surface area (Å²) in [5.74, 6) is 0. The average molecular weight is 282 g/mol. The molecule has 0 saturated carbocycles. The monoisotopic (exact) mass is 282 g/mol. The fourth-order valence-electron chi connectivity index (χ4n) is 3.14. The van der Waals surface area contributed by atoms with Gasteiger partial charge in [-0.15, -0.1) is 0 Å². The van der Waals surface area contributed by atoms with Crippen LogP contribution in [-0.2, 0) is 5.41 Å². The van der Waals surface area contributed by atoms with Gasteiger partial charge in [-0.3, -0.25) is 0 Å². The number of anilines is 2. The molecule has 0 bridgehead atoms. The van der Waals surface area contributed by atoms with Crippen molar-refractivity contribution in [2.45, 2.75) is 47.0 Å². The summed E-state index contributed by atoms with van der Waals surface area (Å²) >= 11 is 0. The van der Waals surface area contributed by atoms with E-state index >= 15 is 0 Å². The van der Waals surface area contributed by atoms with Gasteiger partial charge in [-0.25, -0.2) is 0 Å². The Hall–Kier alpha value is -1.96. The van der Waals surface area contributed by atoms with Crippen LogP contribution in [0.2, 0.25) is 0 Å². The van der Waals surface area contributed by atoms with Crippen molar-refractivity contribution in [3.8, 4) is 0 Å². The highest BCUT2D eigenvalue weighted by atomic mass is 14.6. The number of nitrogen functional groups attached to an aromatic ring is 2. The van der Waals surface area contributed by atoms with Gasteiger partial charge in [0.25, 0.3) is 0 Å². The number of benzene rings is 2. The molecule has 2 aromatic rings. The lowest BCUT2D eigenvalue weighted by Crippen LogP contribution is -2.23. The summed E-state index contributed by atoms with van der Waals surface area (Å²) in [6.45, 7) is 12.7. The molecule has 112 valence electrons.